The van der Waals surface area contributed by atoms with Crippen molar-refractivity contribution in [2.45, 2.75) is 12.8 Å². The fourth-order valence-corrected chi connectivity index (χ4v) is 2.16. The van der Waals surface area contributed by atoms with Gasteiger partial charge in [0.25, 0.3) is 0 Å². The number of ether oxygens (including phenoxy) is 1. The summed E-state index contributed by atoms with van der Waals surface area (Å²) in [6, 6.07) is 18.4. The number of rotatable bonds is 2. The van der Waals surface area contributed by atoms with E-state index in [2.05, 4.69) is 30.3 Å². The van der Waals surface area contributed by atoms with Gasteiger partial charge in [-0.2, -0.15) is 0 Å². The molecule has 1 aliphatic rings. The van der Waals surface area contributed by atoms with Crippen LogP contribution in [0.3, 0.4) is 0 Å². The fourth-order valence-electron chi connectivity index (χ4n) is 2.16. The molecule has 0 saturated carbocycles. The van der Waals surface area contributed by atoms with Gasteiger partial charge >= 0.3 is 0 Å². The minimum atomic E-state index is 0.916. The van der Waals surface area contributed by atoms with Gasteiger partial charge in [-0.3, -0.25) is 0 Å². The van der Waals surface area contributed by atoms with Gasteiger partial charge < -0.3 is 4.74 Å². The van der Waals surface area contributed by atoms with E-state index in [1.807, 2.05) is 30.3 Å². The molecule has 1 nitrogen and oxygen atoms in total. The molecule has 17 heavy (non-hydrogen) atoms. The third-order valence-corrected chi connectivity index (χ3v) is 2.98. The van der Waals surface area contributed by atoms with Crippen LogP contribution >= 0.6 is 0 Å². The van der Waals surface area contributed by atoms with Crippen molar-refractivity contribution in [2.24, 2.45) is 0 Å². The molecule has 0 heterocycles. The molecule has 0 N–H and O–H groups in total. The molecule has 0 amide bonds. The Kier molecular flexibility index (Phi) is 2.66. The maximum Gasteiger partial charge on any atom is 0.126 e. The lowest BCUT2D eigenvalue weighted by molar-refractivity contribution is 0.484. The third kappa shape index (κ3) is 2.09. The zero-order valence-electron chi connectivity index (χ0n) is 9.60. The normalized spacial score (nSPS) is 13.8. The van der Waals surface area contributed by atoms with E-state index in [1.54, 1.807) is 0 Å². The highest BCUT2D eigenvalue weighted by molar-refractivity contribution is 5.48. The number of fused-ring (bicyclic) bond motifs is 1. The molecular weight excluding hydrogens is 208 g/mol. The molecule has 2 aromatic rings. The first kappa shape index (κ1) is 10.2. The van der Waals surface area contributed by atoms with Crippen molar-refractivity contribution in [3.8, 4) is 5.75 Å². The Labute approximate surface area is 101 Å². The second-order valence-corrected chi connectivity index (χ2v) is 4.17. The quantitative estimate of drug-likeness (QED) is 0.758. The van der Waals surface area contributed by atoms with Crippen LogP contribution in [-0.2, 0) is 0 Å². The summed E-state index contributed by atoms with van der Waals surface area (Å²) < 4.78 is 5.98. The largest absolute Gasteiger partial charge is 0.461 e. The molecule has 2 aromatic carbocycles. The Morgan fingerprint density at radius 2 is 1.59 bits per heavy atom. The first-order valence-electron chi connectivity index (χ1n) is 5.95. The maximum absolute atomic E-state index is 5.98. The third-order valence-electron chi connectivity index (χ3n) is 2.98. The van der Waals surface area contributed by atoms with E-state index in [1.165, 1.54) is 10.4 Å². The minimum Gasteiger partial charge on any atom is -0.461 e. The molecular formula is C16H14O. The standard InChI is InChI=1S/C16H14O/c1-2-9-14(10-3-1)17-16-12-6-8-13-7-4-5-11-15(13)16/h1-5,7-11H,6,12H2. The summed E-state index contributed by atoms with van der Waals surface area (Å²) in [7, 11) is 0. The summed E-state index contributed by atoms with van der Waals surface area (Å²) in [5.74, 6) is 1.99. The van der Waals surface area contributed by atoms with Crippen molar-refractivity contribution >= 4 is 11.8 Å². The average Bonchev–Trinajstić information content (AvgIpc) is 2.40. The number of hydrogen-bond acceptors (Lipinski definition) is 1. The smallest absolute Gasteiger partial charge is 0.126 e. The van der Waals surface area contributed by atoms with Gasteiger partial charge in [-0.05, 0) is 23.8 Å². The van der Waals surface area contributed by atoms with Crippen molar-refractivity contribution < 1.29 is 4.74 Å². The lowest BCUT2D eigenvalue weighted by Gasteiger charge is -2.12. The van der Waals surface area contributed by atoms with Crippen LogP contribution in [0.5, 0.6) is 5.75 Å². The summed E-state index contributed by atoms with van der Waals surface area (Å²) >= 11 is 0. The van der Waals surface area contributed by atoms with Gasteiger partial charge in [0.1, 0.15) is 11.5 Å². The molecule has 0 spiro atoms. The highest BCUT2D eigenvalue weighted by Gasteiger charge is 2.06. The highest BCUT2D eigenvalue weighted by Crippen LogP contribution is 2.16. The van der Waals surface area contributed by atoms with E-state index in [0.717, 1.165) is 24.4 Å². The first-order valence-corrected chi connectivity index (χ1v) is 5.95. The Morgan fingerprint density at radius 3 is 2.47 bits per heavy atom. The highest BCUT2D eigenvalue weighted by atomic mass is 16.5. The first-order chi connectivity index (χ1) is 8.43. The van der Waals surface area contributed by atoms with Crippen LogP contribution in [0.1, 0.15) is 12.8 Å². The van der Waals surface area contributed by atoms with Gasteiger partial charge in [0, 0.05) is 11.6 Å². The monoisotopic (exact) mass is 222 g/mol. The van der Waals surface area contributed by atoms with Gasteiger partial charge in [-0.25, -0.2) is 0 Å². The van der Waals surface area contributed by atoms with E-state index >= 15 is 0 Å². The predicted molar refractivity (Wildman–Crippen MR) is 69.9 cm³/mol. The lowest BCUT2D eigenvalue weighted by atomic mass is 10.1. The Bertz CT molecular complexity index is 626. The summed E-state index contributed by atoms with van der Waals surface area (Å²) in [5, 5.41) is 2.51. The predicted octanol–water partition coefficient (Wildman–Crippen LogP) is 2.45. The van der Waals surface area contributed by atoms with Gasteiger partial charge in [0.2, 0.25) is 0 Å². The van der Waals surface area contributed by atoms with Crippen molar-refractivity contribution in [1.29, 1.82) is 0 Å². The van der Waals surface area contributed by atoms with Crippen molar-refractivity contribution in [1.82, 2.24) is 0 Å². The molecule has 3 rings (SSSR count). The van der Waals surface area contributed by atoms with Crippen LogP contribution in [0, 0.1) is 0 Å². The van der Waals surface area contributed by atoms with Gasteiger partial charge in [-0.15, -0.1) is 0 Å². The molecule has 1 heteroatoms. The van der Waals surface area contributed by atoms with Gasteiger partial charge in [0.15, 0.2) is 0 Å². The fraction of sp³-hybridized carbons (Fsp3) is 0.125. The molecule has 0 atom stereocenters. The van der Waals surface area contributed by atoms with Crippen LogP contribution in [0.25, 0.3) is 11.8 Å². The Hall–Kier alpha value is -2.02. The van der Waals surface area contributed by atoms with E-state index < -0.39 is 0 Å². The van der Waals surface area contributed by atoms with Crippen molar-refractivity contribution in [3.63, 3.8) is 0 Å². The van der Waals surface area contributed by atoms with E-state index in [0.29, 0.717) is 0 Å². The van der Waals surface area contributed by atoms with Gasteiger partial charge in [-0.1, -0.05) is 48.5 Å². The van der Waals surface area contributed by atoms with E-state index in [-0.39, 0.29) is 0 Å². The Balaban J connectivity index is 2.07. The molecule has 1 aliphatic carbocycles. The number of benzene rings is 2. The van der Waals surface area contributed by atoms with Crippen molar-refractivity contribution in [3.05, 3.63) is 65.0 Å². The molecule has 0 radical (unpaired) electrons. The summed E-state index contributed by atoms with van der Waals surface area (Å²) in [4.78, 5) is 0. The van der Waals surface area contributed by atoms with Gasteiger partial charge in [0.05, 0.1) is 0 Å². The van der Waals surface area contributed by atoms with Crippen LogP contribution in [0.2, 0.25) is 0 Å². The summed E-state index contributed by atoms with van der Waals surface area (Å²) in [6.07, 6.45) is 4.30. The molecule has 0 aromatic heterocycles. The molecule has 0 fully saturated rings. The van der Waals surface area contributed by atoms with Crippen LogP contribution < -0.4 is 15.2 Å². The van der Waals surface area contributed by atoms with Crippen LogP contribution in [-0.4, -0.2) is 0 Å². The second kappa shape index (κ2) is 4.46. The molecule has 0 bridgehead atoms. The summed E-state index contributed by atoms with van der Waals surface area (Å²) in [6.45, 7) is 0. The zero-order chi connectivity index (χ0) is 11.5. The maximum atomic E-state index is 5.98. The van der Waals surface area contributed by atoms with Crippen molar-refractivity contribution in [2.75, 3.05) is 0 Å². The lowest BCUT2D eigenvalue weighted by Crippen LogP contribution is -2.30. The van der Waals surface area contributed by atoms with Crippen LogP contribution in [0.4, 0.5) is 0 Å². The van der Waals surface area contributed by atoms with Crippen LogP contribution in [0.15, 0.2) is 54.6 Å². The number of hydrogen-bond donors (Lipinski definition) is 0. The second-order valence-electron chi connectivity index (χ2n) is 4.17. The minimum absolute atomic E-state index is 0.916. The topological polar surface area (TPSA) is 9.23 Å². The van der Waals surface area contributed by atoms with E-state index in [4.69, 9.17) is 4.74 Å². The average molecular weight is 222 g/mol. The zero-order valence-corrected chi connectivity index (χ0v) is 9.60. The SMILES string of the molecule is C1=c2ccccc2=C(Oc2ccccc2)CC1. The molecule has 0 unspecified atom stereocenters. The van der Waals surface area contributed by atoms with E-state index in [9.17, 15) is 0 Å². The molecule has 0 saturated heterocycles. The Morgan fingerprint density at radius 1 is 0.824 bits per heavy atom. The summed E-state index contributed by atoms with van der Waals surface area (Å²) in [5.41, 5.74) is 0. The number of para-hydroxylation sites is 1. The molecule has 0 aliphatic heterocycles. The molecule has 84 valence electrons.